The number of benzene rings is 1. The smallest absolute Gasteiger partial charge is 0.416 e. The molecule has 1 unspecified atom stereocenters. The van der Waals surface area contributed by atoms with Gasteiger partial charge in [0.15, 0.2) is 11.5 Å². The van der Waals surface area contributed by atoms with Crippen molar-refractivity contribution in [2.75, 3.05) is 27.3 Å². The predicted molar refractivity (Wildman–Crippen MR) is 64.8 cm³/mol. The molecule has 6 heteroatoms. The fourth-order valence-electron chi connectivity index (χ4n) is 2.50. The molecule has 1 atom stereocenters. The third-order valence-electron chi connectivity index (χ3n) is 3.36. The Bertz CT molecular complexity index is 454. The van der Waals surface area contributed by atoms with Gasteiger partial charge in [0.05, 0.1) is 19.8 Å². The van der Waals surface area contributed by atoms with E-state index in [0.717, 1.165) is 6.07 Å². The number of ether oxygens (including phenoxy) is 2. The maximum absolute atomic E-state index is 13.1. The van der Waals surface area contributed by atoms with Gasteiger partial charge in [-0.15, -0.1) is 0 Å². The lowest BCUT2D eigenvalue weighted by Crippen LogP contribution is -2.16. The first-order valence-electron chi connectivity index (χ1n) is 6.01. The van der Waals surface area contributed by atoms with E-state index in [2.05, 4.69) is 5.32 Å². The molecular formula is C13H16F3NO2. The van der Waals surface area contributed by atoms with Gasteiger partial charge in [-0.1, -0.05) is 0 Å². The summed E-state index contributed by atoms with van der Waals surface area (Å²) in [5.41, 5.74) is -0.446. The molecule has 19 heavy (non-hydrogen) atoms. The first-order chi connectivity index (χ1) is 8.99. The van der Waals surface area contributed by atoms with Crippen LogP contribution in [0.25, 0.3) is 0 Å². The lowest BCUT2D eigenvalue weighted by Gasteiger charge is -2.22. The molecule has 0 aromatic heterocycles. The van der Waals surface area contributed by atoms with Crippen LogP contribution < -0.4 is 14.8 Å². The molecule has 0 radical (unpaired) electrons. The zero-order valence-electron chi connectivity index (χ0n) is 10.8. The van der Waals surface area contributed by atoms with Crippen LogP contribution in [0, 0.1) is 0 Å². The average Bonchev–Trinajstić information content (AvgIpc) is 2.89. The van der Waals surface area contributed by atoms with Gasteiger partial charge in [0.2, 0.25) is 0 Å². The van der Waals surface area contributed by atoms with Crippen LogP contribution in [0.2, 0.25) is 0 Å². The zero-order chi connectivity index (χ0) is 14.0. The molecule has 1 heterocycles. The Hall–Kier alpha value is -1.43. The second kappa shape index (κ2) is 5.28. The van der Waals surface area contributed by atoms with Gasteiger partial charge in [-0.25, -0.2) is 0 Å². The van der Waals surface area contributed by atoms with Gasteiger partial charge in [-0.3, -0.25) is 0 Å². The number of rotatable bonds is 3. The highest BCUT2D eigenvalue weighted by molar-refractivity contribution is 5.53. The van der Waals surface area contributed by atoms with Gasteiger partial charge in [0, 0.05) is 18.0 Å². The molecule has 1 aromatic carbocycles. The maximum Gasteiger partial charge on any atom is 0.416 e. The van der Waals surface area contributed by atoms with Crippen molar-refractivity contribution in [1.82, 2.24) is 5.32 Å². The fourth-order valence-corrected chi connectivity index (χ4v) is 2.50. The maximum atomic E-state index is 13.1. The van der Waals surface area contributed by atoms with E-state index in [1.807, 2.05) is 0 Å². The molecule has 1 N–H and O–H groups in total. The highest BCUT2D eigenvalue weighted by Crippen LogP contribution is 2.45. The van der Waals surface area contributed by atoms with Gasteiger partial charge in [0.1, 0.15) is 0 Å². The van der Waals surface area contributed by atoms with Crippen molar-refractivity contribution in [2.24, 2.45) is 0 Å². The Balaban J connectivity index is 2.61. The van der Waals surface area contributed by atoms with Crippen LogP contribution in [-0.4, -0.2) is 27.3 Å². The van der Waals surface area contributed by atoms with Crippen molar-refractivity contribution in [3.05, 3.63) is 23.3 Å². The lowest BCUT2D eigenvalue weighted by atomic mass is 9.91. The van der Waals surface area contributed by atoms with Gasteiger partial charge >= 0.3 is 6.18 Å². The van der Waals surface area contributed by atoms with Crippen LogP contribution in [0.5, 0.6) is 11.5 Å². The van der Waals surface area contributed by atoms with Crippen molar-refractivity contribution in [3.63, 3.8) is 0 Å². The van der Waals surface area contributed by atoms with E-state index in [-0.39, 0.29) is 17.2 Å². The summed E-state index contributed by atoms with van der Waals surface area (Å²) in [7, 11) is 2.78. The van der Waals surface area contributed by atoms with Gasteiger partial charge < -0.3 is 14.8 Å². The third-order valence-corrected chi connectivity index (χ3v) is 3.36. The Morgan fingerprint density at radius 3 is 2.42 bits per heavy atom. The van der Waals surface area contributed by atoms with E-state index in [1.165, 1.54) is 20.3 Å². The summed E-state index contributed by atoms with van der Waals surface area (Å²) in [5, 5.41) is 3.07. The molecule has 1 aliphatic rings. The van der Waals surface area contributed by atoms with Crippen molar-refractivity contribution in [2.45, 2.75) is 18.5 Å². The monoisotopic (exact) mass is 275 g/mol. The third kappa shape index (κ3) is 2.63. The minimum absolute atomic E-state index is 0.186. The van der Waals surface area contributed by atoms with E-state index >= 15 is 0 Å². The zero-order valence-corrected chi connectivity index (χ0v) is 10.8. The molecule has 2 rings (SSSR count). The molecule has 0 amide bonds. The molecular weight excluding hydrogens is 259 g/mol. The van der Waals surface area contributed by atoms with Gasteiger partial charge in [-0.2, -0.15) is 13.2 Å². The molecule has 0 saturated carbocycles. The van der Waals surface area contributed by atoms with Crippen LogP contribution in [0.4, 0.5) is 13.2 Å². The van der Waals surface area contributed by atoms with Crippen LogP contribution >= 0.6 is 0 Å². The van der Waals surface area contributed by atoms with E-state index in [0.29, 0.717) is 25.3 Å². The summed E-state index contributed by atoms with van der Waals surface area (Å²) in [6, 6.07) is 2.36. The van der Waals surface area contributed by atoms with Gasteiger partial charge in [-0.05, 0) is 25.1 Å². The van der Waals surface area contributed by atoms with Gasteiger partial charge in [0.25, 0.3) is 0 Å². The Morgan fingerprint density at radius 1 is 1.21 bits per heavy atom. The largest absolute Gasteiger partial charge is 0.493 e. The highest BCUT2D eigenvalue weighted by Gasteiger charge is 2.38. The summed E-state index contributed by atoms with van der Waals surface area (Å²) in [5.74, 6) is 0.310. The molecule has 3 nitrogen and oxygen atoms in total. The van der Waals surface area contributed by atoms with E-state index in [4.69, 9.17) is 9.47 Å². The lowest BCUT2D eigenvalue weighted by molar-refractivity contribution is -0.138. The topological polar surface area (TPSA) is 30.5 Å². The average molecular weight is 275 g/mol. The summed E-state index contributed by atoms with van der Waals surface area (Å²) in [6.07, 6.45) is -3.73. The molecule has 0 spiro atoms. The van der Waals surface area contributed by atoms with E-state index in [1.54, 1.807) is 0 Å². The number of hydrogen-bond donors (Lipinski definition) is 1. The first-order valence-corrected chi connectivity index (χ1v) is 6.01. The Labute approximate surface area is 109 Å². The normalized spacial score (nSPS) is 19.5. The van der Waals surface area contributed by atoms with Crippen molar-refractivity contribution in [3.8, 4) is 11.5 Å². The Kier molecular flexibility index (Phi) is 3.89. The molecule has 0 bridgehead atoms. The van der Waals surface area contributed by atoms with Crippen molar-refractivity contribution < 1.29 is 22.6 Å². The van der Waals surface area contributed by atoms with Crippen LogP contribution in [0.1, 0.15) is 23.5 Å². The SMILES string of the molecule is COc1ccc(C(F)(F)F)c(C2CCNC2)c1OC. The molecule has 1 aromatic rings. The molecule has 1 saturated heterocycles. The number of methoxy groups -OCH3 is 2. The summed E-state index contributed by atoms with van der Waals surface area (Å²) >= 11 is 0. The number of hydrogen-bond acceptors (Lipinski definition) is 3. The minimum atomic E-state index is -4.39. The van der Waals surface area contributed by atoms with Crippen LogP contribution in [-0.2, 0) is 6.18 Å². The van der Waals surface area contributed by atoms with Crippen molar-refractivity contribution in [1.29, 1.82) is 0 Å². The fraction of sp³-hybridized carbons (Fsp3) is 0.538. The predicted octanol–water partition coefficient (Wildman–Crippen LogP) is 2.80. The van der Waals surface area contributed by atoms with E-state index < -0.39 is 11.7 Å². The van der Waals surface area contributed by atoms with Crippen LogP contribution in [0.3, 0.4) is 0 Å². The van der Waals surface area contributed by atoms with Crippen molar-refractivity contribution >= 4 is 0 Å². The molecule has 1 fully saturated rings. The first kappa shape index (κ1) is 14.0. The van der Waals surface area contributed by atoms with E-state index in [9.17, 15) is 13.2 Å². The number of halogens is 3. The summed E-state index contributed by atoms with van der Waals surface area (Å²) in [6.45, 7) is 1.23. The minimum Gasteiger partial charge on any atom is -0.493 e. The number of nitrogens with one attached hydrogen (secondary N) is 1. The second-order valence-corrected chi connectivity index (χ2v) is 4.45. The standard InChI is InChI=1S/C13H16F3NO2/c1-18-10-4-3-9(13(14,15)16)11(12(10)19-2)8-5-6-17-7-8/h3-4,8,17H,5-7H2,1-2H3. The Morgan fingerprint density at radius 2 is 1.95 bits per heavy atom. The highest BCUT2D eigenvalue weighted by atomic mass is 19.4. The summed E-state index contributed by atoms with van der Waals surface area (Å²) < 4.78 is 49.7. The molecule has 1 aliphatic heterocycles. The molecule has 0 aliphatic carbocycles. The van der Waals surface area contributed by atoms with Crippen LogP contribution in [0.15, 0.2) is 12.1 Å². The number of alkyl halides is 3. The molecule has 106 valence electrons. The quantitative estimate of drug-likeness (QED) is 0.920. The second-order valence-electron chi connectivity index (χ2n) is 4.45. The summed E-state index contributed by atoms with van der Waals surface area (Å²) in [4.78, 5) is 0.